The molecule has 1 aromatic rings. The summed E-state index contributed by atoms with van der Waals surface area (Å²) in [6.07, 6.45) is 1.08. The van der Waals surface area contributed by atoms with Gasteiger partial charge in [0.15, 0.2) is 0 Å². The molecule has 0 fully saturated rings. The second-order valence-electron chi connectivity index (χ2n) is 5.15. The van der Waals surface area contributed by atoms with E-state index in [1.807, 2.05) is 12.1 Å². The largest absolute Gasteiger partial charge is 0.326 e. The van der Waals surface area contributed by atoms with Crippen LogP contribution in [0.2, 0.25) is 0 Å². The number of hydrogen-bond acceptors (Lipinski definition) is 2. The Kier molecular flexibility index (Phi) is 4.66. The molecule has 0 saturated heterocycles. The van der Waals surface area contributed by atoms with Gasteiger partial charge in [0.2, 0.25) is 0 Å². The summed E-state index contributed by atoms with van der Waals surface area (Å²) in [4.78, 5) is 2.28. The van der Waals surface area contributed by atoms with Crippen LogP contribution in [0.4, 0.5) is 4.39 Å². The van der Waals surface area contributed by atoms with Crippen molar-refractivity contribution in [1.82, 2.24) is 4.90 Å². The van der Waals surface area contributed by atoms with Gasteiger partial charge in [0.05, 0.1) is 0 Å². The molecule has 1 aromatic carbocycles. The number of nitrogens with two attached hydrogens (primary N) is 1. The molecule has 3 heteroatoms. The number of rotatable bonds is 5. The Labute approximate surface area is 104 Å². The molecule has 0 amide bonds. The van der Waals surface area contributed by atoms with Gasteiger partial charge in [-0.15, -0.1) is 0 Å². The van der Waals surface area contributed by atoms with Crippen LogP contribution in [0, 0.1) is 5.82 Å². The Morgan fingerprint density at radius 2 is 2.00 bits per heavy atom. The van der Waals surface area contributed by atoms with Crippen LogP contribution in [-0.2, 0) is 13.1 Å². The van der Waals surface area contributed by atoms with Crippen molar-refractivity contribution in [2.24, 2.45) is 5.73 Å². The maximum atomic E-state index is 13.3. The first-order valence-corrected chi connectivity index (χ1v) is 6.09. The lowest BCUT2D eigenvalue weighted by Crippen LogP contribution is -2.39. The fraction of sp³-hybridized carbons (Fsp3) is 0.571. The molecule has 17 heavy (non-hydrogen) atoms. The molecule has 0 aromatic heterocycles. The molecule has 0 unspecified atom stereocenters. The van der Waals surface area contributed by atoms with Crippen molar-refractivity contribution >= 4 is 0 Å². The highest BCUT2D eigenvalue weighted by Crippen LogP contribution is 2.20. The zero-order valence-corrected chi connectivity index (χ0v) is 11.3. The van der Waals surface area contributed by atoms with Crippen molar-refractivity contribution in [2.45, 2.75) is 45.8 Å². The van der Waals surface area contributed by atoms with Gasteiger partial charge in [0.1, 0.15) is 5.82 Å². The van der Waals surface area contributed by atoms with Gasteiger partial charge >= 0.3 is 0 Å². The molecule has 0 bridgehead atoms. The van der Waals surface area contributed by atoms with Crippen molar-refractivity contribution < 1.29 is 4.39 Å². The first kappa shape index (κ1) is 14.1. The van der Waals surface area contributed by atoms with E-state index in [0.29, 0.717) is 5.56 Å². The van der Waals surface area contributed by atoms with Crippen molar-refractivity contribution in [1.29, 1.82) is 0 Å². The van der Waals surface area contributed by atoms with Crippen LogP contribution >= 0.6 is 0 Å². The van der Waals surface area contributed by atoms with Crippen LogP contribution in [0.1, 0.15) is 38.3 Å². The average molecular weight is 238 g/mol. The molecule has 0 aliphatic rings. The zero-order chi connectivity index (χ0) is 13.1. The maximum absolute atomic E-state index is 13.3. The summed E-state index contributed by atoms with van der Waals surface area (Å²) in [5.74, 6) is -0.214. The molecule has 0 aliphatic carbocycles. The lowest BCUT2D eigenvalue weighted by atomic mass is 9.99. The van der Waals surface area contributed by atoms with Crippen molar-refractivity contribution in [3.63, 3.8) is 0 Å². The molecular formula is C14H23FN2. The molecule has 1 rings (SSSR count). The minimum Gasteiger partial charge on any atom is -0.326 e. The standard InChI is InChI=1S/C14H23FN2/c1-5-14(2,3)17(4)10-11-6-7-13(15)12(8-11)9-16/h6-8H,5,9-10,16H2,1-4H3. The first-order chi connectivity index (χ1) is 7.90. The fourth-order valence-electron chi connectivity index (χ4n) is 1.64. The molecule has 96 valence electrons. The third kappa shape index (κ3) is 3.51. The summed E-state index contributed by atoms with van der Waals surface area (Å²) in [6.45, 7) is 7.65. The summed E-state index contributed by atoms with van der Waals surface area (Å²) in [7, 11) is 2.09. The Morgan fingerprint density at radius 1 is 1.35 bits per heavy atom. The van der Waals surface area contributed by atoms with Crippen LogP contribution in [0.25, 0.3) is 0 Å². The first-order valence-electron chi connectivity index (χ1n) is 6.09. The van der Waals surface area contributed by atoms with E-state index in [0.717, 1.165) is 18.5 Å². The quantitative estimate of drug-likeness (QED) is 0.854. The molecular weight excluding hydrogens is 215 g/mol. The summed E-state index contributed by atoms with van der Waals surface area (Å²) in [6, 6.07) is 5.19. The Balaban J connectivity index is 2.82. The van der Waals surface area contributed by atoms with E-state index in [4.69, 9.17) is 5.73 Å². The van der Waals surface area contributed by atoms with Gasteiger partial charge in [-0.25, -0.2) is 4.39 Å². The predicted molar refractivity (Wildman–Crippen MR) is 70.1 cm³/mol. The topological polar surface area (TPSA) is 29.3 Å². The average Bonchev–Trinajstić information content (AvgIpc) is 2.31. The number of benzene rings is 1. The number of nitrogens with zero attached hydrogens (tertiary/aromatic N) is 1. The van der Waals surface area contributed by atoms with Crippen molar-refractivity contribution in [2.75, 3.05) is 7.05 Å². The van der Waals surface area contributed by atoms with E-state index < -0.39 is 0 Å². The summed E-state index contributed by atoms with van der Waals surface area (Å²) in [5.41, 5.74) is 7.35. The van der Waals surface area contributed by atoms with Gasteiger partial charge < -0.3 is 5.73 Å². The maximum Gasteiger partial charge on any atom is 0.127 e. The van der Waals surface area contributed by atoms with Gasteiger partial charge in [-0.05, 0) is 38.9 Å². The van der Waals surface area contributed by atoms with E-state index >= 15 is 0 Å². The van der Waals surface area contributed by atoms with E-state index in [1.165, 1.54) is 6.07 Å². The summed E-state index contributed by atoms with van der Waals surface area (Å²) < 4.78 is 13.3. The molecule has 0 atom stereocenters. The minimum absolute atomic E-state index is 0.150. The third-order valence-electron chi connectivity index (χ3n) is 3.65. The predicted octanol–water partition coefficient (Wildman–Crippen LogP) is 2.90. The second-order valence-corrected chi connectivity index (χ2v) is 5.15. The van der Waals surface area contributed by atoms with Gasteiger partial charge in [0.25, 0.3) is 0 Å². The highest BCUT2D eigenvalue weighted by Gasteiger charge is 2.21. The van der Waals surface area contributed by atoms with Crippen molar-refractivity contribution in [3.8, 4) is 0 Å². The van der Waals surface area contributed by atoms with Crippen LogP contribution in [-0.4, -0.2) is 17.5 Å². The van der Waals surface area contributed by atoms with E-state index in [1.54, 1.807) is 0 Å². The zero-order valence-electron chi connectivity index (χ0n) is 11.3. The lowest BCUT2D eigenvalue weighted by molar-refractivity contribution is 0.143. The summed E-state index contributed by atoms with van der Waals surface area (Å²) >= 11 is 0. The highest BCUT2D eigenvalue weighted by molar-refractivity contribution is 5.25. The number of hydrogen-bond donors (Lipinski definition) is 1. The molecule has 0 heterocycles. The Bertz CT molecular complexity index is 374. The molecule has 2 nitrogen and oxygen atoms in total. The Morgan fingerprint density at radius 3 is 2.53 bits per heavy atom. The normalized spacial score (nSPS) is 12.2. The molecule has 0 radical (unpaired) electrons. The fourth-order valence-corrected chi connectivity index (χ4v) is 1.64. The van der Waals surface area contributed by atoms with E-state index in [2.05, 4.69) is 32.7 Å². The van der Waals surface area contributed by atoms with Crippen LogP contribution in [0.5, 0.6) is 0 Å². The van der Waals surface area contributed by atoms with E-state index in [9.17, 15) is 4.39 Å². The summed E-state index contributed by atoms with van der Waals surface area (Å²) in [5, 5.41) is 0. The number of halogens is 1. The third-order valence-corrected chi connectivity index (χ3v) is 3.65. The van der Waals surface area contributed by atoms with Crippen LogP contribution in [0.15, 0.2) is 18.2 Å². The molecule has 2 N–H and O–H groups in total. The molecule has 0 aliphatic heterocycles. The SMILES string of the molecule is CCC(C)(C)N(C)Cc1ccc(F)c(CN)c1. The lowest BCUT2D eigenvalue weighted by Gasteiger charge is -2.35. The smallest absolute Gasteiger partial charge is 0.127 e. The van der Waals surface area contributed by atoms with Gasteiger partial charge in [-0.2, -0.15) is 0 Å². The van der Waals surface area contributed by atoms with Crippen molar-refractivity contribution in [3.05, 3.63) is 35.1 Å². The molecule has 0 spiro atoms. The monoisotopic (exact) mass is 238 g/mol. The van der Waals surface area contributed by atoms with Gasteiger partial charge in [-0.3, -0.25) is 4.90 Å². The van der Waals surface area contributed by atoms with E-state index in [-0.39, 0.29) is 17.9 Å². The van der Waals surface area contributed by atoms with Crippen LogP contribution < -0.4 is 5.73 Å². The minimum atomic E-state index is -0.214. The van der Waals surface area contributed by atoms with Crippen LogP contribution in [0.3, 0.4) is 0 Å². The second kappa shape index (κ2) is 5.61. The van der Waals surface area contributed by atoms with Gasteiger partial charge in [-0.1, -0.05) is 19.1 Å². The molecule has 0 saturated carbocycles. The van der Waals surface area contributed by atoms with Gasteiger partial charge in [0, 0.05) is 24.2 Å². The Hall–Kier alpha value is -0.930. The highest BCUT2D eigenvalue weighted by atomic mass is 19.1.